The van der Waals surface area contributed by atoms with Crippen molar-refractivity contribution in [2.24, 2.45) is 10.2 Å². The van der Waals surface area contributed by atoms with Crippen LogP contribution < -0.4 is 16.0 Å². The minimum Gasteiger partial charge on any atom is -0.507 e. The van der Waals surface area contributed by atoms with Gasteiger partial charge in [-0.1, -0.05) is 0 Å². The van der Waals surface area contributed by atoms with Gasteiger partial charge in [0.05, 0.1) is 28.3 Å². The molecule has 0 amide bonds. The Hall–Kier alpha value is -4.38. The summed E-state index contributed by atoms with van der Waals surface area (Å²) >= 11 is 5.91. The minimum atomic E-state index is -5.36. The van der Waals surface area contributed by atoms with Gasteiger partial charge in [0.25, 0.3) is 40.5 Å². The van der Waals surface area contributed by atoms with E-state index >= 15 is 0 Å². The average Bonchev–Trinajstić information content (AvgIpc) is 2.94. The molecule has 9 N–H and O–H groups in total. The molecular weight excluding hydrogens is 764 g/mol. The minimum absolute atomic E-state index is 0.00900. The van der Waals surface area contributed by atoms with Gasteiger partial charge in [0.1, 0.15) is 31.8 Å². The predicted octanol–water partition coefficient (Wildman–Crippen LogP) is 1.54. The maximum atomic E-state index is 12.4. The summed E-state index contributed by atoms with van der Waals surface area (Å²) in [6.07, 6.45) is 0. The van der Waals surface area contributed by atoms with Gasteiger partial charge in [-0.2, -0.15) is 48.6 Å². The number of hydrogen-bond donors (Lipinski definition) is 8. The Bertz CT molecular complexity index is 2500. The van der Waals surface area contributed by atoms with Crippen molar-refractivity contribution in [1.29, 1.82) is 0 Å². The summed E-state index contributed by atoms with van der Waals surface area (Å²) in [5, 5.41) is 27.7. The molecule has 3 aromatic carbocycles. The molecule has 0 atom stereocenters. The first-order valence-corrected chi connectivity index (χ1v) is 18.6. The van der Waals surface area contributed by atoms with Crippen LogP contribution in [0.15, 0.2) is 60.1 Å². The Kier molecular flexibility index (Phi) is 10.0. The largest absolute Gasteiger partial charge is 0.507 e. The molecule has 0 aliphatic heterocycles. The van der Waals surface area contributed by atoms with Crippen molar-refractivity contribution in [3.63, 3.8) is 0 Å². The quantitative estimate of drug-likeness (QED) is 0.0607. The van der Waals surface area contributed by atoms with Crippen molar-refractivity contribution < 1.29 is 62.1 Å². The standard InChI is InChI=1S/C22H21ClN8O14S4/c1-31(2-3-32)22-27-20(23)26-21(28-22)25-11-7-15(48(40,41)42)12(8-14(11)47(37,38)39)29-30-19-17-9(5-16(18(19)24)49(43,44)45)4-10(6-13(17)33)46(34,35)36/h4-8,32-33H,2-3,24H2,1H3,(H,34,35,36)(H,37,38,39)(H,40,41,42)(H,43,44,45)(H,25,26,27,28). The lowest BCUT2D eigenvalue weighted by Crippen LogP contribution is -2.24. The van der Waals surface area contributed by atoms with E-state index in [9.17, 15) is 62.1 Å². The number of phenols is 1. The van der Waals surface area contributed by atoms with Gasteiger partial charge in [0.2, 0.25) is 17.2 Å². The topological polar surface area (TPSA) is 363 Å². The molecule has 4 aromatic rings. The lowest BCUT2D eigenvalue weighted by molar-refractivity contribution is 0.303. The second-order valence-corrected chi connectivity index (χ2v) is 15.5. The summed E-state index contributed by atoms with van der Waals surface area (Å²) in [5.41, 5.74) is 2.23. The highest BCUT2D eigenvalue weighted by Crippen LogP contribution is 2.44. The zero-order valence-electron chi connectivity index (χ0n) is 24.0. The maximum Gasteiger partial charge on any atom is 0.296 e. The van der Waals surface area contributed by atoms with E-state index in [0.717, 1.165) is 0 Å². The highest BCUT2D eigenvalue weighted by Gasteiger charge is 2.27. The van der Waals surface area contributed by atoms with E-state index in [1.54, 1.807) is 0 Å². The third-order valence-electron chi connectivity index (χ3n) is 6.24. The summed E-state index contributed by atoms with van der Waals surface area (Å²) < 4.78 is 136. The Balaban J connectivity index is 2.01. The Morgan fingerprint density at radius 3 is 1.98 bits per heavy atom. The van der Waals surface area contributed by atoms with Gasteiger partial charge in [0, 0.05) is 19.7 Å². The Morgan fingerprint density at radius 2 is 1.43 bits per heavy atom. The number of anilines is 4. The lowest BCUT2D eigenvalue weighted by atomic mass is 10.1. The molecule has 49 heavy (non-hydrogen) atoms. The summed E-state index contributed by atoms with van der Waals surface area (Å²) in [4.78, 5) is 8.45. The molecular formula is C22H21ClN8O14S4. The monoisotopic (exact) mass is 784 g/mol. The summed E-state index contributed by atoms with van der Waals surface area (Å²) in [6, 6.07) is 2.59. The van der Waals surface area contributed by atoms with E-state index in [0.29, 0.717) is 30.3 Å². The van der Waals surface area contributed by atoms with Gasteiger partial charge in [-0.15, -0.1) is 10.2 Å². The third kappa shape index (κ3) is 8.26. The fourth-order valence-corrected chi connectivity index (χ4v) is 6.74. The summed E-state index contributed by atoms with van der Waals surface area (Å²) in [6.45, 7) is -0.328. The van der Waals surface area contributed by atoms with Gasteiger partial charge in [-0.25, -0.2) is 0 Å². The normalized spacial score (nSPS) is 12.9. The van der Waals surface area contributed by atoms with E-state index in [2.05, 4.69) is 30.5 Å². The first-order valence-electron chi connectivity index (χ1n) is 12.5. The molecule has 1 aromatic heterocycles. The lowest BCUT2D eigenvalue weighted by Gasteiger charge is -2.17. The number of fused-ring (bicyclic) bond motifs is 1. The number of nitrogens with two attached hydrogens (primary N) is 1. The summed E-state index contributed by atoms with van der Waals surface area (Å²) in [5.74, 6) is -1.66. The number of nitrogens with one attached hydrogen (secondary N) is 1. The van der Waals surface area contributed by atoms with Crippen LogP contribution in [0.2, 0.25) is 5.28 Å². The number of aliphatic hydroxyl groups is 1. The Labute approximate surface area is 280 Å². The first-order chi connectivity index (χ1) is 22.4. The summed E-state index contributed by atoms with van der Waals surface area (Å²) in [7, 11) is -19.4. The second-order valence-electron chi connectivity index (χ2n) is 9.59. The van der Waals surface area contributed by atoms with Crippen molar-refractivity contribution in [2.45, 2.75) is 19.6 Å². The van der Waals surface area contributed by atoms with Crippen molar-refractivity contribution in [3.05, 3.63) is 35.6 Å². The number of azo groups is 1. The molecule has 22 nitrogen and oxygen atoms in total. The molecule has 0 unspecified atom stereocenters. The fourth-order valence-electron chi connectivity index (χ4n) is 4.12. The number of nitrogen functional groups attached to an aromatic ring is 1. The van der Waals surface area contributed by atoms with Crippen LogP contribution in [0.3, 0.4) is 0 Å². The van der Waals surface area contributed by atoms with Gasteiger partial charge in [-0.3, -0.25) is 18.2 Å². The average molecular weight is 785 g/mol. The molecule has 0 saturated carbocycles. The van der Waals surface area contributed by atoms with Crippen molar-refractivity contribution in [1.82, 2.24) is 15.0 Å². The van der Waals surface area contributed by atoms with Gasteiger partial charge in [0.15, 0.2) is 0 Å². The number of likely N-dealkylation sites (N-methyl/N-ethyl adjacent to an activating group) is 1. The number of aromatic nitrogens is 3. The van der Waals surface area contributed by atoms with Crippen LogP contribution in [0.5, 0.6) is 5.75 Å². The van der Waals surface area contributed by atoms with E-state index in [4.69, 9.17) is 17.3 Å². The molecule has 0 bridgehead atoms. The van der Waals surface area contributed by atoms with Crippen LogP contribution >= 0.6 is 11.6 Å². The van der Waals surface area contributed by atoms with E-state index in [1.807, 2.05) is 0 Å². The highest BCUT2D eigenvalue weighted by atomic mass is 35.5. The highest BCUT2D eigenvalue weighted by molar-refractivity contribution is 7.87. The molecule has 1 heterocycles. The molecule has 0 fully saturated rings. The number of halogens is 1. The van der Waals surface area contributed by atoms with Crippen LogP contribution in [0.25, 0.3) is 10.8 Å². The zero-order valence-corrected chi connectivity index (χ0v) is 28.0. The van der Waals surface area contributed by atoms with E-state index < -0.39 is 111 Å². The van der Waals surface area contributed by atoms with Crippen LogP contribution in [-0.4, -0.2) is 97.2 Å². The van der Waals surface area contributed by atoms with Crippen molar-refractivity contribution in [3.8, 4) is 5.75 Å². The third-order valence-corrected chi connectivity index (χ3v) is 9.91. The number of aliphatic hydroxyl groups excluding tert-OH is 1. The van der Waals surface area contributed by atoms with Crippen LogP contribution in [0, 0.1) is 0 Å². The molecule has 0 aliphatic carbocycles. The van der Waals surface area contributed by atoms with Crippen LogP contribution in [0.1, 0.15) is 0 Å². The van der Waals surface area contributed by atoms with Crippen molar-refractivity contribution >= 4 is 97.5 Å². The number of aromatic hydroxyl groups is 1. The zero-order chi connectivity index (χ0) is 36.9. The maximum absolute atomic E-state index is 12.4. The molecule has 27 heteroatoms. The van der Waals surface area contributed by atoms with Gasteiger partial charge >= 0.3 is 0 Å². The predicted molar refractivity (Wildman–Crippen MR) is 168 cm³/mol. The molecule has 4 rings (SSSR count). The van der Waals surface area contributed by atoms with Gasteiger partial charge < -0.3 is 26.2 Å². The number of hydrogen-bond acceptors (Lipinski definition) is 18. The molecule has 264 valence electrons. The fraction of sp³-hybridized carbons (Fsp3) is 0.136. The SMILES string of the molecule is CN(CCO)c1nc(Cl)nc(Nc2cc(S(=O)(=O)O)c(N=Nc3c(N)c(S(=O)(=O)O)cc4cc(S(=O)(=O)O)cc(O)c34)cc2S(=O)(=O)O)n1. The molecule has 0 spiro atoms. The smallest absolute Gasteiger partial charge is 0.296 e. The van der Waals surface area contributed by atoms with E-state index in [1.165, 1.54) is 11.9 Å². The number of benzene rings is 3. The van der Waals surface area contributed by atoms with Crippen LogP contribution in [0.4, 0.5) is 34.6 Å². The molecule has 0 saturated heterocycles. The van der Waals surface area contributed by atoms with Gasteiger partial charge in [-0.05, 0) is 41.3 Å². The Morgan fingerprint density at radius 1 is 0.816 bits per heavy atom. The van der Waals surface area contributed by atoms with Crippen LogP contribution in [-0.2, 0) is 40.5 Å². The number of phenolic OH excluding ortho intramolecular Hbond substituents is 1. The second kappa shape index (κ2) is 13.2. The number of rotatable bonds is 11. The first kappa shape index (κ1) is 37.4. The number of nitrogens with zero attached hydrogens (tertiary/aromatic N) is 6. The van der Waals surface area contributed by atoms with E-state index in [-0.39, 0.29) is 19.1 Å². The molecule has 0 radical (unpaired) electrons. The van der Waals surface area contributed by atoms with Crippen molar-refractivity contribution in [2.75, 3.05) is 36.1 Å². The molecule has 0 aliphatic rings.